The van der Waals surface area contributed by atoms with Crippen LogP contribution in [-0.4, -0.2) is 9.73 Å². The van der Waals surface area contributed by atoms with Gasteiger partial charge in [0.05, 0.1) is 0 Å². The van der Waals surface area contributed by atoms with E-state index in [1.807, 2.05) is 42.5 Å². The summed E-state index contributed by atoms with van der Waals surface area (Å²) in [4.78, 5) is 1.90. The Hall–Kier alpha value is -2.16. The molecule has 0 aliphatic heterocycles. The second-order valence-electron chi connectivity index (χ2n) is 5.75. The summed E-state index contributed by atoms with van der Waals surface area (Å²) in [5.74, 6) is 0. The molecule has 0 bridgehead atoms. The standard InChI is InChI=1S/C22H18S2/c23-21(14-17-8-3-1-4-9-17)19-12-7-13-20(16-19)22(24)15-18-10-5-2-6-11-18/h1-13,16H,14-15H2. The van der Waals surface area contributed by atoms with Crippen molar-refractivity contribution in [2.24, 2.45) is 0 Å². The molecular formula is C22H18S2. The highest BCUT2D eigenvalue weighted by atomic mass is 32.1. The van der Waals surface area contributed by atoms with Gasteiger partial charge in [0.15, 0.2) is 0 Å². The monoisotopic (exact) mass is 346 g/mol. The molecule has 118 valence electrons. The van der Waals surface area contributed by atoms with Gasteiger partial charge in [-0.2, -0.15) is 0 Å². The molecule has 0 fully saturated rings. The SMILES string of the molecule is S=C(Cc1ccccc1)c1cccc(C(=S)Cc2ccccc2)c1. The zero-order valence-corrected chi connectivity index (χ0v) is 14.9. The normalized spacial score (nSPS) is 10.3. The highest BCUT2D eigenvalue weighted by Crippen LogP contribution is 2.14. The molecule has 0 N–H and O–H groups in total. The van der Waals surface area contributed by atoms with Crippen molar-refractivity contribution in [1.82, 2.24) is 0 Å². The van der Waals surface area contributed by atoms with Crippen molar-refractivity contribution in [1.29, 1.82) is 0 Å². The Morgan fingerprint density at radius 2 is 0.958 bits per heavy atom. The molecule has 0 nitrogen and oxygen atoms in total. The maximum atomic E-state index is 5.64. The summed E-state index contributed by atoms with van der Waals surface area (Å²) in [6.07, 6.45) is 1.57. The van der Waals surface area contributed by atoms with Crippen LogP contribution in [0, 0.1) is 0 Å². The number of hydrogen-bond donors (Lipinski definition) is 0. The average Bonchev–Trinajstić information content (AvgIpc) is 2.63. The predicted octanol–water partition coefficient (Wildman–Crippen LogP) is 5.61. The van der Waals surface area contributed by atoms with Gasteiger partial charge in [0.2, 0.25) is 0 Å². The van der Waals surface area contributed by atoms with Crippen LogP contribution < -0.4 is 0 Å². The minimum atomic E-state index is 0.783. The van der Waals surface area contributed by atoms with Crippen LogP contribution in [0.2, 0.25) is 0 Å². The molecule has 0 spiro atoms. The summed E-state index contributed by atoms with van der Waals surface area (Å²) in [6.45, 7) is 0. The van der Waals surface area contributed by atoms with Gasteiger partial charge in [-0.15, -0.1) is 0 Å². The quantitative estimate of drug-likeness (QED) is 0.420. The highest BCUT2D eigenvalue weighted by Gasteiger charge is 2.07. The molecule has 0 heterocycles. The minimum Gasteiger partial charge on any atom is -0.0839 e. The molecule has 0 radical (unpaired) electrons. The summed E-state index contributed by atoms with van der Waals surface area (Å²) in [6, 6.07) is 29.0. The first kappa shape index (κ1) is 16.7. The van der Waals surface area contributed by atoms with Crippen molar-refractivity contribution >= 4 is 34.2 Å². The van der Waals surface area contributed by atoms with Crippen LogP contribution in [0.25, 0.3) is 0 Å². The third-order valence-electron chi connectivity index (χ3n) is 3.92. The summed E-state index contributed by atoms with van der Waals surface area (Å²) in [5.41, 5.74) is 4.64. The van der Waals surface area contributed by atoms with E-state index in [0.717, 1.165) is 33.7 Å². The van der Waals surface area contributed by atoms with Crippen molar-refractivity contribution in [3.63, 3.8) is 0 Å². The number of hydrogen-bond acceptors (Lipinski definition) is 2. The molecule has 0 atom stereocenters. The molecule has 0 saturated carbocycles. The van der Waals surface area contributed by atoms with E-state index >= 15 is 0 Å². The predicted molar refractivity (Wildman–Crippen MR) is 110 cm³/mol. The molecule has 0 aromatic heterocycles. The lowest BCUT2D eigenvalue weighted by Gasteiger charge is -2.09. The van der Waals surface area contributed by atoms with Crippen LogP contribution in [0.4, 0.5) is 0 Å². The molecule has 0 amide bonds. The van der Waals surface area contributed by atoms with Gasteiger partial charge in [-0.1, -0.05) is 103 Å². The zero-order valence-electron chi connectivity index (χ0n) is 13.3. The molecule has 3 aromatic rings. The van der Waals surface area contributed by atoms with E-state index in [4.69, 9.17) is 24.4 Å². The molecule has 2 heteroatoms. The summed E-state index contributed by atoms with van der Waals surface area (Å²) in [7, 11) is 0. The third kappa shape index (κ3) is 4.44. The first-order valence-corrected chi connectivity index (χ1v) is 8.78. The van der Waals surface area contributed by atoms with Gasteiger partial charge in [-0.05, 0) is 28.3 Å². The van der Waals surface area contributed by atoms with E-state index in [1.165, 1.54) is 11.1 Å². The highest BCUT2D eigenvalue weighted by molar-refractivity contribution is 7.81. The molecule has 0 unspecified atom stereocenters. The van der Waals surface area contributed by atoms with E-state index in [-0.39, 0.29) is 0 Å². The Morgan fingerprint density at radius 1 is 0.542 bits per heavy atom. The molecular weight excluding hydrogens is 328 g/mol. The molecule has 3 rings (SSSR count). The van der Waals surface area contributed by atoms with Crippen LogP contribution in [0.15, 0.2) is 84.9 Å². The molecule has 3 aromatic carbocycles. The van der Waals surface area contributed by atoms with Crippen LogP contribution in [-0.2, 0) is 12.8 Å². The van der Waals surface area contributed by atoms with E-state index in [1.54, 1.807) is 0 Å². The van der Waals surface area contributed by atoms with E-state index < -0.39 is 0 Å². The van der Waals surface area contributed by atoms with Crippen molar-refractivity contribution < 1.29 is 0 Å². The van der Waals surface area contributed by atoms with Crippen LogP contribution >= 0.6 is 24.4 Å². The third-order valence-corrected chi connectivity index (χ3v) is 4.68. The lowest BCUT2D eigenvalue weighted by Crippen LogP contribution is -2.06. The second-order valence-corrected chi connectivity index (χ2v) is 6.74. The molecule has 0 aliphatic rings. The van der Waals surface area contributed by atoms with Crippen molar-refractivity contribution in [3.05, 3.63) is 107 Å². The Labute approximate surface area is 154 Å². The molecule has 24 heavy (non-hydrogen) atoms. The van der Waals surface area contributed by atoms with Crippen LogP contribution in [0.5, 0.6) is 0 Å². The van der Waals surface area contributed by atoms with Gasteiger partial charge in [0.1, 0.15) is 0 Å². The Balaban J connectivity index is 1.74. The van der Waals surface area contributed by atoms with Gasteiger partial charge < -0.3 is 0 Å². The Bertz CT molecular complexity index is 767. The summed E-state index contributed by atoms with van der Waals surface area (Å²) in [5, 5.41) is 0. The minimum absolute atomic E-state index is 0.783. The van der Waals surface area contributed by atoms with E-state index in [9.17, 15) is 0 Å². The van der Waals surface area contributed by atoms with Crippen molar-refractivity contribution in [2.45, 2.75) is 12.8 Å². The first-order valence-electron chi connectivity index (χ1n) is 7.97. The molecule has 0 aliphatic carbocycles. The van der Waals surface area contributed by atoms with Gasteiger partial charge in [-0.3, -0.25) is 0 Å². The fourth-order valence-electron chi connectivity index (χ4n) is 2.63. The lowest BCUT2D eigenvalue weighted by atomic mass is 9.99. The fourth-order valence-corrected chi connectivity index (χ4v) is 3.22. The smallest absolute Gasteiger partial charge is 0.0268 e. The van der Waals surface area contributed by atoms with Gasteiger partial charge in [0, 0.05) is 22.6 Å². The number of rotatable bonds is 6. The first-order chi connectivity index (χ1) is 11.7. The maximum Gasteiger partial charge on any atom is 0.0268 e. The summed E-state index contributed by atoms with van der Waals surface area (Å²) < 4.78 is 0. The number of benzene rings is 3. The van der Waals surface area contributed by atoms with Crippen LogP contribution in [0.1, 0.15) is 22.3 Å². The Kier molecular flexibility index (Phi) is 5.63. The Morgan fingerprint density at radius 3 is 1.38 bits per heavy atom. The topological polar surface area (TPSA) is 0 Å². The largest absolute Gasteiger partial charge is 0.0839 e. The fraction of sp³-hybridized carbons (Fsp3) is 0.0909. The zero-order chi connectivity index (χ0) is 16.8. The van der Waals surface area contributed by atoms with Gasteiger partial charge >= 0.3 is 0 Å². The van der Waals surface area contributed by atoms with Crippen molar-refractivity contribution in [2.75, 3.05) is 0 Å². The summed E-state index contributed by atoms with van der Waals surface area (Å²) >= 11 is 11.3. The van der Waals surface area contributed by atoms with E-state index in [2.05, 4.69) is 42.5 Å². The van der Waals surface area contributed by atoms with Crippen LogP contribution in [0.3, 0.4) is 0 Å². The maximum absolute atomic E-state index is 5.64. The van der Waals surface area contributed by atoms with E-state index in [0.29, 0.717) is 0 Å². The van der Waals surface area contributed by atoms with Gasteiger partial charge in [0.25, 0.3) is 0 Å². The number of thiocarbonyl (C=S) groups is 2. The van der Waals surface area contributed by atoms with Gasteiger partial charge in [-0.25, -0.2) is 0 Å². The second kappa shape index (κ2) is 8.09. The average molecular weight is 347 g/mol. The lowest BCUT2D eigenvalue weighted by molar-refractivity contribution is 1.34. The van der Waals surface area contributed by atoms with Crippen molar-refractivity contribution in [3.8, 4) is 0 Å². The molecule has 0 saturated heterocycles.